The van der Waals surface area contributed by atoms with E-state index in [1.165, 1.54) is 0 Å². The zero-order chi connectivity index (χ0) is 12.2. The molecular weight excluding hydrogens is 367 g/mol. The summed E-state index contributed by atoms with van der Waals surface area (Å²) >= 11 is 0. The zero-order valence-electron chi connectivity index (χ0n) is 10.7. The van der Waals surface area contributed by atoms with Gasteiger partial charge in [-0.15, -0.1) is 0 Å². The largest absolute Gasteiger partial charge is 2.00 e. The van der Waals surface area contributed by atoms with Crippen LogP contribution in [0.4, 0.5) is 0 Å². The molecule has 0 aliphatic carbocycles. The van der Waals surface area contributed by atoms with Crippen LogP contribution in [0.3, 0.4) is 0 Å². The molecule has 3 nitrogen and oxygen atoms in total. The van der Waals surface area contributed by atoms with Crippen LogP contribution < -0.4 is 17.0 Å². The Bertz CT molecular complexity index is 593. The fourth-order valence-corrected chi connectivity index (χ4v) is 1.70. The van der Waals surface area contributed by atoms with E-state index in [1.807, 2.05) is 60.7 Å². The predicted octanol–water partition coefficient (Wildman–Crippen LogP) is 0.00729. The maximum atomic E-state index is 4.46. The Morgan fingerprint density at radius 2 is 1.05 bits per heavy atom. The smallest absolute Gasteiger partial charge is 1.00 e. The summed E-state index contributed by atoms with van der Waals surface area (Å²) in [5, 5.41) is 0. The molecule has 3 aromatic rings. The Labute approximate surface area is 141 Å². The first-order valence-corrected chi connectivity index (χ1v) is 5.66. The van der Waals surface area contributed by atoms with Crippen LogP contribution >= 0.6 is 0 Å². The van der Waals surface area contributed by atoms with Gasteiger partial charge in [-0.1, -0.05) is 60.7 Å². The van der Waals surface area contributed by atoms with Gasteiger partial charge in [0, 0.05) is 18.0 Å². The molecule has 1 heterocycles. The maximum absolute atomic E-state index is 4.46. The molecule has 94 valence electrons. The summed E-state index contributed by atoms with van der Waals surface area (Å²) in [6.07, 6.45) is 2.66. The van der Waals surface area contributed by atoms with Gasteiger partial charge in [-0.3, -0.25) is 0 Å². The van der Waals surface area contributed by atoms with E-state index in [-0.39, 0.29) is 36.5 Å². The summed E-state index contributed by atoms with van der Waals surface area (Å²) in [7, 11) is 0. The van der Waals surface area contributed by atoms with Crippen LogP contribution in [0.5, 0.6) is 0 Å². The van der Waals surface area contributed by atoms with Crippen molar-refractivity contribution in [2.45, 2.75) is 0 Å². The summed E-state index contributed by atoms with van der Waals surface area (Å²) in [6, 6.07) is 19.6. The molecule has 1 aromatic heterocycles. The normalized spacial score (nSPS) is 9.20. The van der Waals surface area contributed by atoms with Crippen molar-refractivity contribution < 1.29 is 36.5 Å². The minimum atomic E-state index is 0. The van der Waals surface area contributed by atoms with Gasteiger partial charge in [-0.05, 0) is 11.1 Å². The first-order valence-electron chi connectivity index (χ1n) is 5.66. The molecule has 0 aliphatic rings. The predicted molar refractivity (Wildman–Crippen MR) is 69.5 cm³/mol. The van der Waals surface area contributed by atoms with Gasteiger partial charge in [-0.25, -0.2) is 0 Å². The molecule has 5 heteroatoms. The molecule has 20 heavy (non-hydrogen) atoms. The van der Waals surface area contributed by atoms with E-state index in [1.54, 1.807) is 0 Å². The van der Waals surface area contributed by atoms with E-state index in [9.17, 15) is 0 Å². The standard InChI is InChI=1S/C15H10N3.BrH.Zn/c1-3-7-12(8-4-1)14-16-11-17-15(18-14)13-9-5-2-6-10-13;;/h1-10H;1H;/q-1;;+2/p-1. The van der Waals surface area contributed by atoms with Crippen molar-refractivity contribution in [3.8, 4) is 22.8 Å². The van der Waals surface area contributed by atoms with Crippen molar-refractivity contribution in [2.75, 3.05) is 0 Å². The second kappa shape index (κ2) is 7.98. The number of nitrogens with zero attached hydrogens (tertiary/aromatic N) is 3. The first kappa shape index (κ1) is 16.6. The molecule has 2 aromatic carbocycles. The second-order valence-corrected chi connectivity index (χ2v) is 3.81. The van der Waals surface area contributed by atoms with E-state index in [0.717, 1.165) is 11.1 Å². The van der Waals surface area contributed by atoms with Gasteiger partial charge in [0.1, 0.15) is 0 Å². The van der Waals surface area contributed by atoms with E-state index < -0.39 is 0 Å². The Balaban J connectivity index is 0.000001000. The fourth-order valence-electron chi connectivity index (χ4n) is 1.70. The Morgan fingerprint density at radius 3 is 1.45 bits per heavy atom. The zero-order valence-corrected chi connectivity index (χ0v) is 15.3. The average Bonchev–Trinajstić information content (AvgIpc) is 2.49. The summed E-state index contributed by atoms with van der Waals surface area (Å²) in [5.74, 6) is 1.29. The molecule has 0 aliphatic heterocycles. The van der Waals surface area contributed by atoms with Gasteiger partial charge in [0.15, 0.2) is 0 Å². The number of aromatic nitrogens is 3. The Morgan fingerprint density at radius 1 is 0.650 bits per heavy atom. The summed E-state index contributed by atoms with van der Waals surface area (Å²) in [6.45, 7) is 0. The molecule has 3 rings (SSSR count). The Hall–Kier alpha value is -1.45. The third kappa shape index (κ3) is 3.78. The number of rotatable bonds is 2. The van der Waals surface area contributed by atoms with Crippen molar-refractivity contribution in [2.24, 2.45) is 0 Å². The minimum absolute atomic E-state index is 0. The molecule has 0 bridgehead atoms. The summed E-state index contributed by atoms with van der Waals surface area (Å²) in [5.41, 5.74) is 1.93. The average molecular weight is 378 g/mol. The topological polar surface area (TPSA) is 38.7 Å². The third-order valence-electron chi connectivity index (χ3n) is 2.59. The van der Waals surface area contributed by atoms with Gasteiger partial charge in [0.2, 0.25) is 0 Å². The molecule has 0 N–H and O–H groups in total. The maximum Gasteiger partial charge on any atom is 2.00 e. The Kier molecular flexibility index (Phi) is 6.62. The van der Waals surface area contributed by atoms with Crippen LogP contribution in [0.2, 0.25) is 0 Å². The quantitative estimate of drug-likeness (QED) is 0.466. The molecule has 0 saturated heterocycles. The van der Waals surface area contributed by atoms with E-state index in [4.69, 9.17) is 0 Å². The summed E-state index contributed by atoms with van der Waals surface area (Å²) < 4.78 is 0. The van der Waals surface area contributed by atoms with Crippen LogP contribution in [0.25, 0.3) is 22.8 Å². The minimum Gasteiger partial charge on any atom is -1.00 e. The van der Waals surface area contributed by atoms with Gasteiger partial charge in [0.05, 0.1) is 0 Å². The third-order valence-corrected chi connectivity index (χ3v) is 2.59. The monoisotopic (exact) mass is 375 g/mol. The van der Waals surface area contributed by atoms with Crippen molar-refractivity contribution >= 4 is 0 Å². The number of benzene rings is 2. The molecule has 0 spiro atoms. The van der Waals surface area contributed by atoms with Crippen LogP contribution in [0.15, 0.2) is 60.7 Å². The van der Waals surface area contributed by atoms with Crippen LogP contribution in [0.1, 0.15) is 0 Å². The molecule has 0 atom stereocenters. The van der Waals surface area contributed by atoms with Gasteiger partial charge in [0.25, 0.3) is 0 Å². The van der Waals surface area contributed by atoms with Crippen molar-refractivity contribution in [3.63, 3.8) is 0 Å². The molecule has 0 fully saturated rings. The van der Waals surface area contributed by atoms with Crippen LogP contribution in [-0.4, -0.2) is 15.0 Å². The molecule has 0 radical (unpaired) electrons. The van der Waals surface area contributed by atoms with Crippen molar-refractivity contribution in [1.29, 1.82) is 0 Å². The number of hydrogen-bond acceptors (Lipinski definition) is 3. The SMILES string of the molecule is [Br-].[Zn+2].[c-]1nc(-c2ccccc2)nc(-c2ccccc2)n1. The van der Waals surface area contributed by atoms with E-state index in [2.05, 4.69) is 21.3 Å². The molecule has 0 saturated carbocycles. The van der Waals surface area contributed by atoms with Gasteiger partial charge < -0.3 is 31.9 Å². The first-order chi connectivity index (χ1) is 8.93. The second-order valence-electron chi connectivity index (χ2n) is 3.81. The fraction of sp³-hybridized carbons (Fsp3) is 0. The van der Waals surface area contributed by atoms with Gasteiger partial charge >= 0.3 is 19.5 Å². The van der Waals surface area contributed by atoms with E-state index >= 15 is 0 Å². The van der Waals surface area contributed by atoms with Crippen molar-refractivity contribution in [1.82, 2.24) is 15.0 Å². The molecule has 0 amide bonds. The number of halogens is 1. The van der Waals surface area contributed by atoms with Crippen LogP contribution in [0, 0.1) is 6.33 Å². The molecule has 0 unspecified atom stereocenters. The number of hydrogen-bond donors (Lipinski definition) is 0. The summed E-state index contributed by atoms with van der Waals surface area (Å²) in [4.78, 5) is 12.6. The van der Waals surface area contributed by atoms with Crippen LogP contribution in [-0.2, 0) is 19.5 Å². The van der Waals surface area contributed by atoms with E-state index in [0.29, 0.717) is 11.6 Å². The van der Waals surface area contributed by atoms with Crippen molar-refractivity contribution in [3.05, 3.63) is 67.0 Å². The molecular formula is C15H10BrN3Zn. The van der Waals surface area contributed by atoms with Gasteiger partial charge in [-0.2, -0.15) is 0 Å².